The summed E-state index contributed by atoms with van der Waals surface area (Å²) < 4.78 is 7.86. The fraction of sp³-hybridized carbons (Fsp3) is 0.143. The molecule has 0 aliphatic carbocycles. The van der Waals surface area contributed by atoms with Gasteiger partial charge in [0.15, 0.2) is 0 Å². The third-order valence-electron chi connectivity index (χ3n) is 4.59. The number of aromatic nitrogens is 3. The molecule has 0 aliphatic rings. The second-order valence-corrected chi connectivity index (χ2v) is 7.76. The van der Waals surface area contributed by atoms with Crippen LogP contribution in [0.25, 0.3) is 15.7 Å². The molecule has 3 heterocycles. The first-order valence-electron chi connectivity index (χ1n) is 9.08. The summed E-state index contributed by atoms with van der Waals surface area (Å²) in [6.07, 6.45) is 2.58. The number of rotatable bonds is 3. The van der Waals surface area contributed by atoms with Crippen LogP contribution in [0.2, 0.25) is 0 Å². The zero-order valence-electron chi connectivity index (χ0n) is 16.5. The molecule has 1 N–H and O–H groups in total. The molecule has 0 saturated carbocycles. The van der Waals surface area contributed by atoms with Gasteiger partial charge in [0.05, 0.1) is 26.4 Å². The Kier molecular flexibility index (Phi) is 4.85. The van der Waals surface area contributed by atoms with E-state index < -0.39 is 11.5 Å². The van der Waals surface area contributed by atoms with Gasteiger partial charge in [0.25, 0.3) is 0 Å². The molecule has 0 spiro atoms. The lowest BCUT2D eigenvalue weighted by molar-refractivity contribution is 0.186. The molecule has 3 aromatic heterocycles. The van der Waals surface area contributed by atoms with E-state index in [9.17, 15) is 14.9 Å². The number of benzene rings is 1. The maximum atomic E-state index is 13.1. The van der Waals surface area contributed by atoms with Gasteiger partial charge in [0.2, 0.25) is 5.43 Å². The number of nitriles is 1. The number of aromatic amines is 1. The molecule has 8 nitrogen and oxygen atoms in total. The highest BCUT2D eigenvalue weighted by atomic mass is 32.1. The molecule has 0 bridgehead atoms. The van der Waals surface area contributed by atoms with Crippen LogP contribution < -0.4 is 10.3 Å². The summed E-state index contributed by atoms with van der Waals surface area (Å²) in [5, 5.41) is 13.2. The molecule has 1 aromatic carbocycles. The van der Waals surface area contributed by atoms with E-state index in [1.54, 1.807) is 38.3 Å². The van der Waals surface area contributed by atoms with Gasteiger partial charge >= 0.3 is 6.09 Å². The number of nitrogens with one attached hydrogen (secondary N) is 1. The molecule has 1 amide bonds. The van der Waals surface area contributed by atoms with Gasteiger partial charge in [-0.1, -0.05) is 0 Å². The number of thiazole rings is 1. The molecule has 4 aromatic rings. The van der Waals surface area contributed by atoms with Crippen LogP contribution in [0.5, 0.6) is 0 Å². The number of pyridine rings is 1. The molecule has 0 fully saturated rings. The lowest BCUT2D eigenvalue weighted by atomic mass is 10.2. The minimum Gasteiger partial charge on any atom is -0.415 e. The highest BCUT2D eigenvalue weighted by Crippen LogP contribution is 2.32. The first-order chi connectivity index (χ1) is 14.4. The normalized spacial score (nSPS) is 11.6. The number of carbonyl (C=O) groups is 1. The number of hydrogen-bond donors (Lipinski definition) is 1. The maximum Gasteiger partial charge on any atom is 0.425 e. The Morgan fingerprint density at radius 1 is 1.37 bits per heavy atom. The predicted octanol–water partition coefficient (Wildman–Crippen LogP) is 4.62. The lowest BCUT2D eigenvalue weighted by Gasteiger charge is -2.23. The standard InChI is InChI=1S/C21H17N5O3S/c1-4-12(2)29-21(28)25(14-5-6-16-19(9-14)30-13(3)24-16)20-10-18(27)15(11-22)17-7-8-23-26(17)20/h4-10,23H,1-3H3/b12-4+. The average molecular weight is 419 g/mol. The zero-order chi connectivity index (χ0) is 21.4. The van der Waals surface area contributed by atoms with E-state index in [-0.39, 0.29) is 11.4 Å². The summed E-state index contributed by atoms with van der Waals surface area (Å²) in [6.45, 7) is 5.34. The highest BCUT2D eigenvalue weighted by Gasteiger charge is 2.25. The molecule has 0 aliphatic heterocycles. The van der Waals surface area contributed by atoms with Gasteiger partial charge in [-0.05, 0) is 51.1 Å². The second kappa shape index (κ2) is 7.50. The highest BCUT2D eigenvalue weighted by molar-refractivity contribution is 7.18. The third-order valence-corrected chi connectivity index (χ3v) is 5.53. The quantitative estimate of drug-likeness (QED) is 0.488. The molecule has 0 saturated heterocycles. The third kappa shape index (κ3) is 3.23. The van der Waals surface area contributed by atoms with Crippen LogP contribution in [0.1, 0.15) is 24.4 Å². The van der Waals surface area contributed by atoms with Gasteiger partial charge in [-0.25, -0.2) is 19.2 Å². The predicted molar refractivity (Wildman–Crippen MR) is 115 cm³/mol. The van der Waals surface area contributed by atoms with Gasteiger partial charge in [-0.2, -0.15) is 5.26 Å². The van der Waals surface area contributed by atoms with E-state index in [1.165, 1.54) is 26.8 Å². The smallest absolute Gasteiger partial charge is 0.415 e. The Morgan fingerprint density at radius 2 is 2.17 bits per heavy atom. The van der Waals surface area contributed by atoms with Crippen molar-refractivity contribution in [2.75, 3.05) is 4.90 Å². The molecular formula is C21H17N5O3S. The number of anilines is 2. The minimum absolute atomic E-state index is 0.00788. The van der Waals surface area contributed by atoms with Crippen LogP contribution in [0.3, 0.4) is 0 Å². The Labute approximate surface area is 175 Å². The summed E-state index contributed by atoms with van der Waals surface area (Å²) in [5.74, 6) is 0.650. The Bertz CT molecular complexity index is 1420. The van der Waals surface area contributed by atoms with E-state index in [1.807, 2.05) is 25.1 Å². The Balaban J connectivity index is 1.97. The van der Waals surface area contributed by atoms with Crippen LogP contribution >= 0.6 is 11.3 Å². The molecule has 9 heteroatoms. The number of amides is 1. The van der Waals surface area contributed by atoms with Crippen LogP contribution in [0.4, 0.5) is 16.3 Å². The molecule has 0 unspecified atom stereocenters. The van der Waals surface area contributed by atoms with Crippen molar-refractivity contribution < 1.29 is 9.53 Å². The van der Waals surface area contributed by atoms with Crippen molar-refractivity contribution in [3.8, 4) is 6.07 Å². The molecule has 0 radical (unpaired) electrons. The topological polar surface area (TPSA) is 103 Å². The molecule has 30 heavy (non-hydrogen) atoms. The van der Waals surface area contributed by atoms with Crippen LogP contribution in [0.15, 0.2) is 53.2 Å². The number of nitrogens with zero attached hydrogens (tertiary/aromatic N) is 4. The first-order valence-corrected chi connectivity index (χ1v) is 9.90. The summed E-state index contributed by atoms with van der Waals surface area (Å²) >= 11 is 1.50. The maximum absolute atomic E-state index is 13.1. The molecular weight excluding hydrogens is 402 g/mol. The molecule has 150 valence electrons. The first kappa shape index (κ1) is 19.4. The number of allylic oxidation sites excluding steroid dienone is 2. The lowest BCUT2D eigenvalue weighted by Crippen LogP contribution is -2.30. The van der Waals surface area contributed by atoms with Crippen molar-refractivity contribution in [3.05, 3.63) is 69.2 Å². The summed E-state index contributed by atoms with van der Waals surface area (Å²) in [5.41, 5.74) is 1.21. The Hall–Kier alpha value is -3.90. The largest absolute Gasteiger partial charge is 0.425 e. The zero-order valence-corrected chi connectivity index (χ0v) is 17.3. The summed E-state index contributed by atoms with van der Waals surface area (Å²) in [4.78, 5) is 31.5. The minimum atomic E-state index is -0.682. The summed E-state index contributed by atoms with van der Waals surface area (Å²) in [6, 6.07) is 10.2. The van der Waals surface area contributed by atoms with E-state index in [0.717, 1.165) is 15.2 Å². The van der Waals surface area contributed by atoms with E-state index in [4.69, 9.17) is 4.74 Å². The molecule has 4 rings (SSSR count). The van der Waals surface area contributed by atoms with Crippen LogP contribution in [0, 0.1) is 18.3 Å². The number of ether oxygens (including phenoxy) is 1. The van der Waals surface area contributed by atoms with Crippen molar-refractivity contribution in [1.82, 2.24) is 14.6 Å². The SMILES string of the molecule is C/C=C(\C)OC(=O)N(c1ccc2nc(C)sc2c1)c1cc(=O)c(C#N)c2cc[nH]n12. The Morgan fingerprint density at radius 3 is 2.90 bits per heavy atom. The van der Waals surface area contributed by atoms with E-state index in [0.29, 0.717) is 17.0 Å². The molecule has 0 atom stereocenters. The van der Waals surface area contributed by atoms with Crippen molar-refractivity contribution in [2.45, 2.75) is 20.8 Å². The second-order valence-electron chi connectivity index (χ2n) is 6.52. The van der Waals surface area contributed by atoms with E-state index in [2.05, 4.69) is 10.1 Å². The van der Waals surface area contributed by atoms with Gasteiger partial charge in [0.1, 0.15) is 23.2 Å². The fourth-order valence-electron chi connectivity index (χ4n) is 3.12. The van der Waals surface area contributed by atoms with Gasteiger partial charge < -0.3 is 4.74 Å². The summed E-state index contributed by atoms with van der Waals surface area (Å²) in [7, 11) is 0. The number of fused-ring (bicyclic) bond motifs is 2. The van der Waals surface area contributed by atoms with Crippen molar-refractivity contribution in [3.63, 3.8) is 0 Å². The van der Waals surface area contributed by atoms with Gasteiger partial charge in [0, 0.05) is 12.3 Å². The fourth-order valence-corrected chi connectivity index (χ4v) is 3.98. The number of carbonyl (C=O) groups excluding carboxylic acids is 1. The number of aryl methyl sites for hydroxylation is 1. The van der Waals surface area contributed by atoms with Gasteiger partial charge in [-0.15, -0.1) is 11.3 Å². The van der Waals surface area contributed by atoms with Crippen LogP contribution in [-0.2, 0) is 4.74 Å². The van der Waals surface area contributed by atoms with E-state index >= 15 is 0 Å². The van der Waals surface area contributed by atoms with Crippen molar-refractivity contribution >= 4 is 44.7 Å². The van der Waals surface area contributed by atoms with Crippen molar-refractivity contribution in [2.24, 2.45) is 0 Å². The van der Waals surface area contributed by atoms with Crippen molar-refractivity contribution in [1.29, 1.82) is 5.26 Å². The number of hydrogen-bond acceptors (Lipinski definition) is 6. The van der Waals surface area contributed by atoms with Crippen LogP contribution in [-0.4, -0.2) is 20.7 Å². The van der Waals surface area contributed by atoms with Gasteiger partial charge in [-0.3, -0.25) is 9.89 Å². The average Bonchev–Trinajstić information content (AvgIpc) is 3.33. The monoisotopic (exact) mass is 419 g/mol. The number of H-pyrrole nitrogens is 1.